The number of ether oxygens (including phenoxy) is 1. The Kier molecular flexibility index (Phi) is 7.35. The maximum Gasteiger partial charge on any atom is 0.234 e. The van der Waals surface area contributed by atoms with Gasteiger partial charge in [-0.3, -0.25) is 9.59 Å². The molecule has 2 N–H and O–H groups in total. The fourth-order valence-electron chi connectivity index (χ4n) is 2.16. The van der Waals surface area contributed by atoms with Gasteiger partial charge in [0.15, 0.2) is 0 Å². The number of benzene rings is 2. The Hall–Kier alpha value is -2.47. The van der Waals surface area contributed by atoms with E-state index in [0.717, 1.165) is 17.0 Å². The van der Waals surface area contributed by atoms with Crippen LogP contribution in [-0.2, 0) is 9.59 Å². The lowest BCUT2D eigenvalue weighted by molar-refractivity contribution is -0.116. The SMILES string of the molecule is CCCC(=O)Nc1cccc(SCC(=O)Nc2cccc(OC)c2)c1. The van der Waals surface area contributed by atoms with Crippen LogP contribution in [0.3, 0.4) is 0 Å². The molecule has 0 aliphatic heterocycles. The Morgan fingerprint density at radius 3 is 2.40 bits per heavy atom. The summed E-state index contributed by atoms with van der Waals surface area (Å²) in [5.41, 5.74) is 1.45. The predicted octanol–water partition coefficient (Wildman–Crippen LogP) is 4.16. The van der Waals surface area contributed by atoms with Crippen molar-refractivity contribution in [1.82, 2.24) is 0 Å². The molecule has 0 aliphatic carbocycles. The molecular formula is C19H22N2O3S. The average Bonchev–Trinajstić information content (AvgIpc) is 2.60. The lowest BCUT2D eigenvalue weighted by Crippen LogP contribution is -2.14. The van der Waals surface area contributed by atoms with E-state index in [9.17, 15) is 9.59 Å². The van der Waals surface area contributed by atoms with Gasteiger partial charge in [0.05, 0.1) is 12.9 Å². The van der Waals surface area contributed by atoms with Crippen molar-refractivity contribution in [3.8, 4) is 5.75 Å². The van der Waals surface area contributed by atoms with Crippen LogP contribution in [0.4, 0.5) is 11.4 Å². The van der Waals surface area contributed by atoms with E-state index >= 15 is 0 Å². The van der Waals surface area contributed by atoms with E-state index in [1.165, 1.54) is 11.8 Å². The summed E-state index contributed by atoms with van der Waals surface area (Å²) in [6, 6.07) is 14.7. The van der Waals surface area contributed by atoms with Gasteiger partial charge in [-0.05, 0) is 36.8 Å². The zero-order valence-electron chi connectivity index (χ0n) is 14.4. The zero-order valence-corrected chi connectivity index (χ0v) is 15.2. The molecule has 0 bridgehead atoms. The van der Waals surface area contributed by atoms with Crippen molar-refractivity contribution in [2.45, 2.75) is 24.7 Å². The molecule has 132 valence electrons. The van der Waals surface area contributed by atoms with Crippen LogP contribution in [-0.4, -0.2) is 24.7 Å². The summed E-state index contributed by atoms with van der Waals surface area (Å²) in [6.07, 6.45) is 1.31. The lowest BCUT2D eigenvalue weighted by atomic mass is 10.3. The van der Waals surface area contributed by atoms with E-state index in [0.29, 0.717) is 17.9 Å². The second-order valence-electron chi connectivity index (χ2n) is 5.39. The number of carbonyl (C=O) groups excluding carboxylic acids is 2. The molecule has 0 radical (unpaired) electrons. The first-order valence-electron chi connectivity index (χ1n) is 8.07. The predicted molar refractivity (Wildman–Crippen MR) is 102 cm³/mol. The van der Waals surface area contributed by atoms with Gasteiger partial charge >= 0.3 is 0 Å². The fraction of sp³-hybridized carbons (Fsp3) is 0.263. The Bertz CT molecular complexity index is 734. The number of nitrogens with one attached hydrogen (secondary N) is 2. The second-order valence-corrected chi connectivity index (χ2v) is 6.44. The van der Waals surface area contributed by atoms with Gasteiger partial charge in [-0.2, -0.15) is 0 Å². The Labute approximate surface area is 152 Å². The van der Waals surface area contributed by atoms with Gasteiger partial charge in [0, 0.05) is 28.8 Å². The molecule has 0 aliphatic rings. The fourth-order valence-corrected chi connectivity index (χ4v) is 2.92. The van der Waals surface area contributed by atoms with Crippen molar-refractivity contribution >= 4 is 35.0 Å². The summed E-state index contributed by atoms with van der Waals surface area (Å²) in [6.45, 7) is 1.97. The van der Waals surface area contributed by atoms with Gasteiger partial charge in [-0.25, -0.2) is 0 Å². The van der Waals surface area contributed by atoms with Crippen LogP contribution >= 0.6 is 11.8 Å². The summed E-state index contributed by atoms with van der Waals surface area (Å²) in [5, 5.41) is 5.70. The Balaban J connectivity index is 1.87. The van der Waals surface area contributed by atoms with E-state index in [1.807, 2.05) is 49.4 Å². The number of amides is 2. The molecule has 0 atom stereocenters. The van der Waals surface area contributed by atoms with Crippen LogP contribution in [0.25, 0.3) is 0 Å². The number of hydrogen-bond donors (Lipinski definition) is 2. The summed E-state index contributed by atoms with van der Waals surface area (Å²) in [4.78, 5) is 24.7. The topological polar surface area (TPSA) is 67.4 Å². The Morgan fingerprint density at radius 1 is 1.00 bits per heavy atom. The maximum absolute atomic E-state index is 12.1. The van der Waals surface area contributed by atoms with Gasteiger partial charge < -0.3 is 15.4 Å². The molecule has 2 rings (SSSR count). The molecule has 0 heterocycles. The number of hydrogen-bond acceptors (Lipinski definition) is 4. The molecular weight excluding hydrogens is 336 g/mol. The van der Waals surface area contributed by atoms with Crippen LogP contribution in [0.15, 0.2) is 53.4 Å². The minimum absolute atomic E-state index is 0.000387. The monoisotopic (exact) mass is 358 g/mol. The van der Waals surface area contributed by atoms with Crippen molar-refractivity contribution in [1.29, 1.82) is 0 Å². The third-order valence-corrected chi connectivity index (χ3v) is 4.31. The van der Waals surface area contributed by atoms with Gasteiger partial charge in [0.25, 0.3) is 0 Å². The number of anilines is 2. The second kappa shape index (κ2) is 9.74. The van der Waals surface area contributed by atoms with Crippen LogP contribution in [0.5, 0.6) is 5.75 Å². The summed E-state index contributed by atoms with van der Waals surface area (Å²) in [5.74, 6) is 0.879. The number of carbonyl (C=O) groups is 2. The number of methoxy groups -OCH3 is 1. The third kappa shape index (κ3) is 6.51. The number of rotatable bonds is 8. The largest absolute Gasteiger partial charge is 0.497 e. The molecule has 0 unspecified atom stereocenters. The third-order valence-electron chi connectivity index (χ3n) is 3.32. The maximum atomic E-state index is 12.1. The van der Waals surface area contributed by atoms with E-state index < -0.39 is 0 Å². The standard InChI is InChI=1S/C19H22N2O3S/c1-3-6-18(22)20-15-8-5-10-17(12-15)25-13-19(23)21-14-7-4-9-16(11-14)24-2/h4-5,7-12H,3,6,13H2,1-2H3,(H,20,22)(H,21,23). The molecule has 2 aromatic carbocycles. The molecule has 2 amide bonds. The summed E-state index contributed by atoms with van der Waals surface area (Å²) < 4.78 is 5.14. The highest BCUT2D eigenvalue weighted by Crippen LogP contribution is 2.23. The summed E-state index contributed by atoms with van der Waals surface area (Å²) in [7, 11) is 1.59. The minimum atomic E-state index is -0.0984. The van der Waals surface area contributed by atoms with E-state index in [1.54, 1.807) is 13.2 Å². The van der Waals surface area contributed by atoms with Gasteiger partial charge in [0.2, 0.25) is 11.8 Å². The molecule has 2 aromatic rings. The van der Waals surface area contributed by atoms with Crippen molar-refractivity contribution in [2.24, 2.45) is 0 Å². The van der Waals surface area contributed by atoms with Crippen LogP contribution in [0.1, 0.15) is 19.8 Å². The van der Waals surface area contributed by atoms with Crippen LogP contribution < -0.4 is 15.4 Å². The first-order chi connectivity index (χ1) is 12.1. The average molecular weight is 358 g/mol. The first kappa shape index (κ1) is 18.9. The van der Waals surface area contributed by atoms with E-state index in [4.69, 9.17) is 4.74 Å². The van der Waals surface area contributed by atoms with Crippen molar-refractivity contribution in [2.75, 3.05) is 23.5 Å². The molecule has 0 aromatic heterocycles. The molecule has 0 spiro atoms. The molecule has 0 fully saturated rings. The molecule has 0 saturated carbocycles. The lowest BCUT2D eigenvalue weighted by Gasteiger charge is -2.08. The van der Waals surface area contributed by atoms with E-state index in [2.05, 4.69) is 10.6 Å². The summed E-state index contributed by atoms with van der Waals surface area (Å²) >= 11 is 1.42. The molecule has 5 nitrogen and oxygen atoms in total. The molecule has 6 heteroatoms. The minimum Gasteiger partial charge on any atom is -0.497 e. The smallest absolute Gasteiger partial charge is 0.234 e. The zero-order chi connectivity index (χ0) is 18.1. The van der Waals surface area contributed by atoms with Gasteiger partial charge in [0.1, 0.15) is 5.75 Å². The molecule has 0 saturated heterocycles. The Morgan fingerprint density at radius 2 is 1.68 bits per heavy atom. The van der Waals surface area contributed by atoms with Crippen LogP contribution in [0.2, 0.25) is 0 Å². The first-order valence-corrected chi connectivity index (χ1v) is 9.06. The van der Waals surface area contributed by atoms with Gasteiger partial charge in [-0.15, -0.1) is 11.8 Å². The van der Waals surface area contributed by atoms with Crippen molar-refractivity contribution < 1.29 is 14.3 Å². The van der Waals surface area contributed by atoms with Gasteiger partial charge in [-0.1, -0.05) is 19.1 Å². The highest BCUT2D eigenvalue weighted by Gasteiger charge is 2.06. The highest BCUT2D eigenvalue weighted by molar-refractivity contribution is 8.00. The number of thioether (sulfide) groups is 1. The highest BCUT2D eigenvalue weighted by atomic mass is 32.2. The van der Waals surface area contributed by atoms with Crippen molar-refractivity contribution in [3.63, 3.8) is 0 Å². The quantitative estimate of drug-likeness (QED) is 0.695. The normalized spacial score (nSPS) is 10.2. The van der Waals surface area contributed by atoms with Crippen molar-refractivity contribution in [3.05, 3.63) is 48.5 Å². The molecule has 25 heavy (non-hydrogen) atoms. The van der Waals surface area contributed by atoms with E-state index in [-0.39, 0.29) is 17.6 Å². The van der Waals surface area contributed by atoms with Crippen LogP contribution in [0, 0.1) is 0 Å².